The molecule has 3 amide bonds. The van der Waals surface area contributed by atoms with E-state index in [0.29, 0.717) is 5.56 Å². The highest BCUT2D eigenvalue weighted by Gasteiger charge is 2.32. The van der Waals surface area contributed by atoms with E-state index < -0.39 is 66.9 Å². The SMILES string of the molecule is CC(O)C(NC(=O)CN)C(=O)NC(Cc1c[nH]c2ccccc12)C(=O)NC(CC(=O)O)C(=O)O. The number of para-hydroxylation sites is 1. The number of aromatic nitrogens is 1. The summed E-state index contributed by atoms with van der Waals surface area (Å²) in [6, 6.07) is 2.60. The first-order chi connectivity index (χ1) is 16.0. The van der Waals surface area contributed by atoms with E-state index in [4.69, 9.17) is 10.8 Å². The fourth-order valence-corrected chi connectivity index (χ4v) is 3.28. The van der Waals surface area contributed by atoms with Gasteiger partial charge in [0.25, 0.3) is 0 Å². The quantitative estimate of drug-likeness (QED) is 0.170. The normalized spacial score (nSPS) is 14.4. The molecule has 34 heavy (non-hydrogen) atoms. The lowest BCUT2D eigenvalue weighted by molar-refractivity contribution is -0.147. The molecular weight excluding hydrogens is 450 g/mol. The molecule has 0 aliphatic rings. The fraction of sp³-hybridized carbons (Fsp3) is 0.381. The number of fused-ring (bicyclic) bond motifs is 1. The van der Waals surface area contributed by atoms with Crippen LogP contribution in [0.4, 0.5) is 0 Å². The van der Waals surface area contributed by atoms with Gasteiger partial charge in [0.1, 0.15) is 18.1 Å². The molecule has 0 saturated heterocycles. The Bertz CT molecular complexity index is 1070. The second-order valence-electron chi connectivity index (χ2n) is 7.61. The number of H-pyrrole nitrogens is 1. The van der Waals surface area contributed by atoms with Crippen molar-refractivity contribution < 1.29 is 39.3 Å². The summed E-state index contributed by atoms with van der Waals surface area (Å²) in [6.07, 6.45) is -0.701. The maximum absolute atomic E-state index is 12.9. The zero-order valence-electron chi connectivity index (χ0n) is 18.3. The van der Waals surface area contributed by atoms with Gasteiger partial charge in [-0.1, -0.05) is 18.2 Å². The Hall–Kier alpha value is -3.97. The van der Waals surface area contributed by atoms with Gasteiger partial charge in [-0.05, 0) is 18.6 Å². The van der Waals surface area contributed by atoms with Gasteiger partial charge in [0, 0.05) is 23.5 Å². The Kier molecular flexibility index (Phi) is 9.10. The number of rotatable bonds is 12. The number of carbonyl (C=O) groups is 5. The van der Waals surface area contributed by atoms with E-state index in [1.807, 2.05) is 0 Å². The number of amides is 3. The minimum atomic E-state index is -1.74. The summed E-state index contributed by atoms with van der Waals surface area (Å²) in [5, 5.41) is 35.6. The van der Waals surface area contributed by atoms with Crippen LogP contribution in [0, 0.1) is 0 Å². The van der Waals surface area contributed by atoms with Gasteiger partial charge in [0.2, 0.25) is 17.7 Å². The van der Waals surface area contributed by atoms with Gasteiger partial charge in [-0.25, -0.2) is 4.79 Å². The maximum atomic E-state index is 12.9. The fourth-order valence-electron chi connectivity index (χ4n) is 3.28. The molecule has 184 valence electrons. The van der Waals surface area contributed by atoms with Crippen LogP contribution in [0.15, 0.2) is 30.5 Å². The number of aliphatic hydroxyl groups excluding tert-OH is 1. The van der Waals surface area contributed by atoms with Crippen LogP contribution in [-0.4, -0.2) is 80.7 Å². The molecule has 0 radical (unpaired) electrons. The predicted molar refractivity (Wildman–Crippen MR) is 118 cm³/mol. The van der Waals surface area contributed by atoms with E-state index in [9.17, 15) is 34.2 Å². The van der Waals surface area contributed by atoms with E-state index in [2.05, 4.69) is 20.9 Å². The van der Waals surface area contributed by atoms with Crippen LogP contribution in [0.5, 0.6) is 0 Å². The number of aromatic amines is 1. The maximum Gasteiger partial charge on any atom is 0.326 e. The number of nitrogens with one attached hydrogen (secondary N) is 4. The lowest BCUT2D eigenvalue weighted by Crippen LogP contribution is -2.59. The molecule has 0 aliphatic carbocycles. The first-order valence-electron chi connectivity index (χ1n) is 10.3. The predicted octanol–water partition coefficient (Wildman–Crippen LogP) is -1.94. The van der Waals surface area contributed by atoms with Crippen LogP contribution in [-0.2, 0) is 30.4 Å². The second-order valence-corrected chi connectivity index (χ2v) is 7.61. The Morgan fingerprint density at radius 2 is 1.65 bits per heavy atom. The van der Waals surface area contributed by atoms with Gasteiger partial charge in [0.05, 0.1) is 19.1 Å². The van der Waals surface area contributed by atoms with Gasteiger partial charge in [-0.2, -0.15) is 0 Å². The molecule has 1 heterocycles. The number of hydrogen-bond acceptors (Lipinski definition) is 7. The minimum absolute atomic E-state index is 0.0988. The van der Waals surface area contributed by atoms with Crippen LogP contribution in [0.2, 0.25) is 0 Å². The molecule has 0 saturated carbocycles. The summed E-state index contributed by atoms with van der Waals surface area (Å²) in [5.41, 5.74) is 6.61. The number of aliphatic carboxylic acids is 2. The highest BCUT2D eigenvalue weighted by molar-refractivity contribution is 5.95. The minimum Gasteiger partial charge on any atom is -0.481 e. The average Bonchev–Trinajstić information content (AvgIpc) is 3.18. The molecule has 2 aromatic rings. The van der Waals surface area contributed by atoms with Crippen molar-refractivity contribution in [3.63, 3.8) is 0 Å². The summed E-state index contributed by atoms with van der Waals surface area (Å²) in [7, 11) is 0. The number of nitrogens with two attached hydrogens (primary N) is 1. The Labute approximate surface area is 193 Å². The average molecular weight is 477 g/mol. The smallest absolute Gasteiger partial charge is 0.326 e. The van der Waals surface area contributed by atoms with Crippen molar-refractivity contribution in [3.05, 3.63) is 36.0 Å². The lowest BCUT2D eigenvalue weighted by Gasteiger charge is -2.25. The summed E-state index contributed by atoms with van der Waals surface area (Å²) >= 11 is 0. The van der Waals surface area contributed by atoms with Crippen molar-refractivity contribution in [3.8, 4) is 0 Å². The number of carbonyl (C=O) groups excluding carboxylic acids is 3. The topological polar surface area (TPSA) is 224 Å². The van der Waals surface area contributed by atoms with Crippen molar-refractivity contribution in [2.45, 2.75) is 44.0 Å². The molecule has 0 aliphatic heterocycles. The molecule has 1 aromatic carbocycles. The summed E-state index contributed by atoms with van der Waals surface area (Å²) in [5.74, 6) is -5.59. The number of carboxylic acid groups (broad SMARTS) is 2. The molecule has 2 rings (SSSR count). The first-order valence-corrected chi connectivity index (χ1v) is 10.3. The Morgan fingerprint density at radius 3 is 2.24 bits per heavy atom. The van der Waals surface area contributed by atoms with Crippen molar-refractivity contribution in [2.75, 3.05) is 6.54 Å². The third kappa shape index (κ3) is 7.02. The standard InChI is InChI=1S/C21H27N5O8/c1-10(27)18(26-16(28)8-22)20(32)24-14(19(31)25-15(21(33)34)7-17(29)30)6-11-9-23-13-5-3-2-4-12(11)13/h2-5,9-10,14-15,18,23,27H,6-8,22H2,1H3,(H,24,32)(H,25,31)(H,26,28)(H,29,30)(H,33,34). The van der Waals surface area contributed by atoms with Crippen molar-refractivity contribution in [2.24, 2.45) is 5.73 Å². The summed E-state index contributed by atoms with van der Waals surface area (Å²) in [6.45, 7) is 0.814. The van der Waals surface area contributed by atoms with E-state index in [1.165, 1.54) is 6.92 Å². The lowest BCUT2D eigenvalue weighted by atomic mass is 10.0. The Morgan fingerprint density at radius 1 is 1.00 bits per heavy atom. The molecule has 0 fully saturated rings. The largest absolute Gasteiger partial charge is 0.481 e. The van der Waals surface area contributed by atoms with E-state index >= 15 is 0 Å². The molecule has 0 spiro atoms. The van der Waals surface area contributed by atoms with Crippen LogP contribution >= 0.6 is 0 Å². The number of benzene rings is 1. The third-order valence-electron chi connectivity index (χ3n) is 4.99. The summed E-state index contributed by atoms with van der Waals surface area (Å²) < 4.78 is 0. The zero-order chi connectivity index (χ0) is 25.4. The second kappa shape index (κ2) is 11.8. The van der Waals surface area contributed by atoms with Gasteiger partial charge < -0.3 is 42.0 Å². The van der Waals surface area contributed by atoms with Crippen LogP contribution < -0.4 is 21.7 Å². The molecule has 0 bridgehead atoms. The molecule has 4 unspecified atom stereocenters. The number of hydrogen-bond donors (Lipinski definition) is 8. The van der Waals surface area contributed by atoms with Crippen LogP contribution in [0.1, 0.15) is 18.9 Å². The van der Waals surface area contributed by atoms with Gasteiger partial charge >= 0.3 is 11.9 Å². The van der Waals surface area contributed by atoms with Gasteiger partial charge in [-0.3, -0.25) is 19.2 Å². The van der Waals surface area contributed by atoms with E-state index in [-0.39, 0.29) is 6.42 Å². The molecule has 13 heteroatoms. The van der Waals surface area contributed by atoms with Gasteiger partial charge in [0.15, 0.2) is 0 Å². The molecule has 1 aromatic heterocycles. The zero-order valence-corrected chi connectivity index (χ0v) is 18.3. The monoisotopic (exact) mass is 477 g/mol. The summed E-state index contributed by atoms with van der Waals surface area (Å²) in [4.78, 5) is 62.8. The van der Waals surface area contributed by atoms with Crippen LogP contribution in [0.3, 0.4) is 0 Å². The first kappa shape index (κ1) is 26.3. The van der Waals surface area contributed by atoms with Gasteiger partial charge in [-0.15, -0.1) is 0 Å². The highest BCUT2D eigenvalue weighted by atomic mass is 16.4. The third-order valence-corrected chi connectivity index (χ3v) is 4.99. The van der Waals surface area contributed by atoms with Crippen LogP contribution in [0.25, 0.3) is 10.9 Å². The van der Waals surface area contributed by atoms with Crippen molar-refractivity contribution in [1.82, 2.24) is 20.9 Å². The highest BCUT2D eigenvalue weighted by Crippen LogP contribution is 2.19. The molecule has 13 nitrogen and oxygen atoms in total. The van der Waals surface area contributed by atoms with Crippen molar-refractivity contribution in [1.29, 1.82) is 0 Å². The molecular formula is C21H27N5O8. The van der Waals surface area contributed by atoms with E-state index in [0.717, 1.165) is 10.9 Å². The van der Waals surface area contributed by atoms with E-state index in [1.54, 1.807) is 30.5 Å². The molecule has 9 N–H and O–H groups in total. The number of aliphatic hydroxyl groups is 1. The Balaban J connectivity index is 2.32. The van der Waals surface area contributed by atoms with Crippen molar-refractivity contribution >= 4 is 40.6 Å². The molecule has 4 atom stereocenters. The number of carboxylic acids is 2.